The van der Waals surface area contributed by atoms with Crippen LogP contribution in [0.25, 0.3) is 0 Å². The van der Waals surface area contributed by atoms with Crippen LogP contribution in [0.2, 0.25) is 0 Å². The van der Waals surface area contributed by atoms with Crippen LogP contribution in [0, 0.1) is 13.8 Å². The summed E-state index contributed by atoms with van der Waals surface area (Å²) in [5.74, 6) is 0. The molecule has 0 aromatic heterocycles. The van der Waals surface area contributed by atoms with Crippen LogP contribution in [0.3, 0.4) is 0 Å². The minimum absolute atomic E-state index is 0.123. The van der Waals surface area contributed by atoms with Crippen LogP contribution in [-0.2, 0) is 4.74 Å². The summed E-state index contributed by atoms with van der Waals surface area (Å²) in [5.41, 5.74) is 1.94. The molecule has 0 aliphatic heterocycles. The van der Waals surface area contributed by atoms with E-state index in [9.17, 15) is 9.90 Å². The van der Waals surface area contributed by atoms with E-state index in [0.717, 1.165) is 11.3 Å². The maximum absolute atomic E-state index is 11.7. The summed E-state index contributed by atoms with van der Waals surface area (Å²) in [6.07, 6.45) is 0. The number of nitrogens with one attached hydrogen (secondary N) is 2. The number of ether oxygens (including phenoxy) is 1. The number of hydrogen-bond acceptors (Lipinski definition) is 3. The monoisotopic (exact) mass is 266 g/mol. The molecular weight excluding hydrogens is 244 g/mol. The number of urea groups is 1. The lowest BCUT2D eigenvalue weighted by Gasteiger charge is -2.22. The first kappa shape index (κ1) is 15.5. The molecule has 0 saturated heterocycles. The van der Waals surface area contributed by atoms with E-state index in [1.807, 2.05) is 32.0 Å². The molecule has 19 heavy (non-hydrogen) atoms. The average molecular weight is 266 g/mol. The highest BCUT2D eigenvalue weighted by Gasteiger charge is 2.20. The van der Waals surface area contributed by atoms with Gasteiger partial charge in [-0.05, 0) is 44.0 Å². The highest BCUT2D eigenvalue weighted by molar-refractivity contribution is 5.89. The fourth-order valence-corrected chi connectivity index (χ4v) is 1.63. The molecule has 0 unspecified atom stereocenters. The van der Waals surface area contributed by atoms with Gasteiger partial charge < -0.3 is 20.5 Å². The van der Waals surface area contributed by atoms with Crippen molar-refractivity contribution in [3.63, 3.8) is 0 Å². The van der Waals surface area contributed by atoms with E-state index in [1.165, 1.54) is 12.7 Å². The van der Waals surface area contributed by atoms with Gasteiger partial charge in [-0.2, -0.15) is 0 Å². The minimum Gasteiger partial charge on any atom is -0.386 e. The molecule has 0 spiro atoms. The maximum atomic E-state index is 11.7. The summed E-state index contributed by atoms with van der Waals surface area (Å²) in [6, 6.07) is 5.35. The van der Waals surface area contributed by atoms with Crippen molar-refractivity contribution in [1.29, 1.82) is 0 Å². The number of benzene rings is 1. The second kappa shape index (κ2) is 6.54. The van der Waals surface area contributed by atoms with Crippen LogP contribution in [0.1, 0.15) is 18.1 Å². The molecule has 1 aromatic rings. The van der Waals surface area contributed by atoms with Crippen molar-refractivity contribution in [2.24, 2.45) is 0 Å². The van der Waals surface area contributed by atoms with Crippen LogP contribution in [0.15, 0.2) is 18.2 Å². The average Bonchev–Trinajstić information content (AvgIpc) is 2.32. The zero-order valence-electron chi connectivity index (χ0n) is 11.9. The predicted octanol–water partition coefficient (Wildman–Crippen LogP) is 1.82. The number of methoxy groups -OCH3 is 1. The first-order valence-electron chi connectivity index (χ1n) is 6.17. The first-order valence-corrected chi connectivity index (χ1v) is 6.17. The Morgan fingerprint density at radius 3 is 2.63 bits per heavy atom. The van der Waals surface area contributed by atoms with Gasteiger partial charge >= 0.3 is 6.03 Å². The van der Waals surface area contributed by atoms with Crippen LogP contribution < -0.4 is 10.6 Å². The number of aryl methyl sites for hydroxylation is 2. The quantitative estimate of drug-likeness (QED) is 0.761. The molecule has 1 aromatic carbocycles. The van der Waals surface area contributed by atoms with Gasteiger partial charge in [-0.3, -0.25) is 0 Å². The van der Waals surface area contributed by atoms with Gasteiger partial charge in [0.05, 0.1) is 13.2 Å². The first-order chi connectivity index (χ1) is 8.84. The minimum atomic E-state index is -1.07. The zero-order valence-corrected chi connectivity index (χ0v) is 11.9. The van der Waals surface area contributed by atoms with Gasteiger partial charge in [-0.25, -0.2) is 4.79 Å². The molecular formula is C14H22N2O3. The third-order valence-electron chi connectivity index (χ3n) is 2.85. The third-order valence-corrected chi connectivity index (χ3v) is 2.85. The Hall–Kier alpha value is -1.59. The van der Waals surface area contributed by atoms with Crippen LogP contribution >= 0.6 is 0 Å². The van der Waals surface area contributed by atoms with E-state index < -0.39 is 5.60 Å². The number of hydrogen-bond donors (Lipinski definition) is 3. The maximum Gasteiger partial charge on any atom is 0.319 e. The molecule has 0 radical (unpaired) electrons. The van der Waals surface area contributed by atoms with Crippen molar-refractivity contribution in [3.8, 4) is 0 Å². The second-order valence-electron chi connectivity index (χ2n) is 5.04. The summed E-state index contributed by atoms with van der Waals surface area (Å²) < 4.78 is 4.86. The van der Waals surface area contributed by atoms with Gasteiger partial charge in [-0.1, -0.05) is 6.07 Å². The highest BCUT2D eigenvalue weighted by atomic mass is 16.5. The van der Waals surface area contributed by atoms with Crippen molar-refractivity contribution < 1.29 is 14.6 Å². The Morgan fingerprint density at radius 1 is 1.37 bits per heavy atom. The Balaban J connectivity index is 2.49. The lowest BCUT2D eigenvalue weighted by molar-refractivity contribution is -0.0133. The van der Waals surface area contributed by atoms with E-state index >= 15 is 0 Å². The third kappa shape index (κ3) is 5.28. The molecule has 5 nitrogen and oxygen atoms in total. The lowest BCUT2D eigenvalue weighted by atomic mass is 10.1. The molecule has 1 atom stereocenters. The Labute approximate surface area is 114 Å². The number of amides is 2. The molecule has 0 aliphatic carbocycles. The molecule has 0 bridgehead atoms. The van der Waals surface area contributed by atoms with Crippen LogP contribution in [0.4, 0.5) is 10.5 Å². The van der Waals surface area contributed by atoms with Crippen molar-refractivity contribution >= 4 is 11.7 Å². The highest BCUT2D eigenvalue weighted by Crippen LogP contribution is 2.13. The van der Waals surface area contributed by atoms with Gasteiger partial charge in [0.15, 0.2) is 0 Å². The van der Waals surface area contributed by atoms with Crippen molar-refractivity contribution in [2.45, 2.75) is 26.4 Å². The summed E-state index contributed by atoms with van der Waals surface area (Å²) in [7, 11) is 1.50. The normalized spacial score (nSPS) is 13.7. The molecule has 0 heterocycles. The molecule has 0 fully saturated rings. The van der Waals surface area contributed by atoms with E-state index in [-0.39, 0.29) is 19.2 Å². The summed E-state index contributed by atoms with van der Waals surface area (Å²) in [4.78, 5) is 11.7. The Morgan fingerprint density at radius 2 is 2.05 bits per heavy atom. The lowest BCUT2D eigenvalue weighted by Crippen LogP contribution is -2.45. The number of carbonyl (C=O) groups is 1. The fraction of sp³-hybridized carbons (Fsp3) is 0.500. The molecule has 1 rings (SSSR count). The topological polar surface area (TPSA) is 70.6 Å². The van der Waals surface area contributed by atoms with Crippen molar-refractivity contribution in [1.82, 2.24) is 5.32 Å². The van der Waals surface area contributed by atoms with Gasteiger partial charge in [0.2, 0.25) is 0 Å². The largest absolute Gasteiger partial charge is 0.386 e. The molecule has 0 saturated carbocycles. The molecule has 0 aliphatic rings. The van der Waals surface area contributed by atoms with Gasteiger partial charge in [0.25, 0.3) is 0 Å². The molecule has 3 N–H and O–H groups in total. The summed E-state index contributed by atoms with van der Waals surface area (Å²) in [5, 5.41) is 15.2. The summed E-state index contributed by atoms with van der Waals surface area (Å²) >= 11 is 0. The van der Waals surface area contributed by atoms with E-state index in [4.69, 9.17) is 4.74 Å². The van der Waals surface area contributed by atoms with Gasteiger partial charge in [-0.15, -0.1) is 0 Å². The SMILES string of the molecule is COC[C@](C)(O)CNC(=O)Nc1ccc(C)c(C)c1. The van der Waals surface area contributed by atoms with Gasteiger partial charge in [0.1, 0.15) is 5.60 Å². The fourth-order valence-electron chi connectivity index (χ4n) is 1.63. The predicted molar refractivity (Wildman–Crippen MR) is 75.4 cm³/mol. The Kier molecular flexibility index (Phi) is 5.32. The van der Waals surface area contributed by atoms with Crippen LogP contribution in [-0.4, -0.2) is 37.0 Å². The van der Waals surface area contributed by atoms with Gasteiger partial charge in [0, 0.05) is 12.8 Å². The van der Waals surface area contributed by atoms with Crippen molar-refractivity contribution in [3.05, 3.63) is 29.3 Å². The molecule has 5 heteroatoms. The number of aliphatic hydroxyl groups is 1. The summed E-state index contributed by atoms with van der Waals surface area (Å²) in [6.45, 7) is 5.89. The number of rotatable bonds is 5. The number of carbonyl (C=O) groups excluding carboxylic acids is 1. The molecule has 106 valence electrons. The van der Waals surface area contributed by atoms with Crippen LogP contribution in [0.5, 0.6) is 0 Å². The Bertz CT molecular complexity index is 444. The van der Waals surface area contributed by atoms with Crippen molar-refractivity contribution in [2.75, 3.05) is 25.6 Å². The standard InChI is InChI=1S/C14H22N2O3/c1-10-5-6-12(7-11(10)2)16-13(17)15-8-14(3,18)9-19-4/h5-7,18H,8-9H2,1-4H3,(H2,15,16,17)/t14-/m1/s1. The van der Waals surface area contributed by atoms with E-state index in [0.29, 0.717) is 0 Å². The van der Waals surface area contributed by atoms with E-state index in [2.05, 4.69) is 10.6 Å². The smallest absolute Gasteiger partial charge is 0.319 e. The molecule has 2 amide bonds. The second-order valence-corrected chi connectivity index (χ2v) is 5.04. The zero-order chi connectivity index (χ0) is 14.5. The number of anilines is 1. The van der Waals surface area contributed by atoms with E-state index in [1.54, 1.807) is 6.92 Å².